The number of anilines is 1. The number of hydrogen-bond acceptors (Lipinski definition) is 4. The molecule has 0 unspecified atom stereocenters. The summed E-state index contributed by atoms with van der Waals surface area (Å²) in [7, 11) is 1.58. The number of carboxylic acid groups (broad SMARTS) is 1. The summed E-state index contributed by atoms with van der Waals surface area (Å²) in [4.78, 5) is 25.9. The number of methoxy groups -OCH3 is 1. The van der Waals surface area contributed by atoms with Gasteiger partial charge in [0.2, 0.25) is 5.91 Å². The van der Waals surface area contributed by atoms with Gasteiger partial charge in [0.25, 0.3) is 0 Å². The van der Waals surface area contributed by atoms with E-state index < -0.39 is 29.5 Å². The molecule has 1 N–H and O–H groups in total. The molecular weight excluding hydrogens is 286 g/mol. The van der Waals surface area contributed by atoms with Gasteiger partial charge in [-0.05, 0) is 24.3 Å². The second-order valence-electron chi connectivity index (χ2n) is 5.86. The van der Waals surface area contributed by atoms with Crippen molar-refractivity contribution in [2.75, 3.05) is 18.6 Å². The van der Waals surface area contributed by atoms with Crippen molar-refractivity contribution >= 4 is 17.6 Å². The first-order valence-corrected chi connectivity index (χ1v) is 7.11. The van der Waals surface area contributed by atoms with Gasteiger partial charge in [0.15, 0.2) is 0 Å². The van der Waals surface area contributed by atoms with Gasteiger partial charge < -0.3 is 19.5 Å². The van der Waals surface area contributed by atoms with Gasteiger partial charge in [0, 0.05) is 5.69 Å². The first-order chi connectivity index (χ1) is 10.6. The van der Waals surface area contributed by atoms with Crippen LogP contribution in [0, 0.1) is 11.8 Å². The van der Waals surface area contributed by atoms with E-state index >= 15 is 0 Å². The lowest BCUT2D eigenvalue weighted by Gasteiger charge is -2.21. The Morgan fingerprint density at radius 3 is 2.77 bits per heavy atom. The molecule has 0 aliphatic carbocycles. The molecule has 2 saturated heterocycles. The average molecular weight is 301 g/mol. The fourth-order valence-corrected chi connectivity index (χ4v) is 3.76. The van der Waals surface area contributed by atoms with Crippen LogP contribution in [0.25, 0.3) is 0 Å². The fraction of sp³-hybridized carbons (Fsp3) is 0.375. The lowest BCUT2D eigenvalue weighted by molar-refractivity contribution is -0.146. The van der Waals surface area contributed by atoms with Crippen molar-refractivity contribution in [1.29, 1.82) is 0 Å². The number of carbonyl (C=O) groups excluding carboxylic acids is 1. The molecule has 6 nitrogen and oxygen atoms in total. The van der Waals surface area contributed by atoms with Crippen LogP contribution in [0.2, 0.25) is 0 Å². The fourth-order valence-electron chi connectivity index (χ4n) is 3.76. The number of carboxylic acids is 1. The molecule has 0 radical (unpaired) electrons. The zero-order chi connectivity index (χ0) is 15.5. The number of aliphatic carboxylic acids is 1. The van der Waals surface area contributed by atoms with Crippen LogP contribution >= 0.6 is 0 Å². The first-order valence-electron chi connectivity index (χ1n) is 7.11. The number of nitrogens with zero attached hydrogens (tertiary/aromatic N) is 1. The molecule has 1 aromatic carbocycles. The Morgan fingerprint density at radius 2 is 2.14 bits per heavy atom. The molecule has 2 fully saturated rings. The third kappa shape index (κ3) is 1.58. The van der Waals surface area contributed by atoms with Crippen LogP contribution in [0.1, 0.15) is 0 Å². The lowest BCUT2D eigenvalue weighted by Crippen LogP contribution is -2.39. The minimum Gasteiger partial charge on any atom is -0.497 e. The maximum atomic E-state index is 12.8. The average Bonchev–Trinajstić information content (AvgIpc) is 3.15. The standard InChI is InChI=1S/C16H15NO5/c1-21-10-4-2-9(3-5-10)17-8-16-7-6-11(22-16)12(15(19)20)13(16)14(17)18/h2-7,11-13H,8H2,1H3,(H,19,20)/t11-,12+,13+,16-/m0/s1. The topological polar surface area (TPSA) is 76.1 Å². The summed E-state index contributed by atoms with van der Waals surface area (Å²) in [6.07, 6.45) is 3.12. The zero-order valence-electron chi connectivity index (χ0n) is 11.9. The Hall–Kier alpha value is -2.34. The largest absolute Gasteiger partial charge is 0.497 e. The van der Waals surface area contributed by atoms with Crippen molar-refractivity contribution in [3.05, 3.63) is 36.4 Å². The smallest absolute Gasteiger partial charge is 0.310 e. The van der Waals surface area contributed by atoms with Crippen LogP contribution in [0.3, 0.4) is 0 Å². The number of ether oxygens (including phenoxy) is 2. The molecule has 6 heteroatoms. The predicted octanol–water partition coefficient (Wildman–Crippen LogP) is 1.07. The molecular formula is C16H15NO5. The van der Waals surface area contributed by atoms with Crippen molar-refractivity contribution in [3.8, 4) is 5.75 Å². The van der Waals surface area contributed by atoms with E-state index in [0.717, 1.165) is 5.69 Å². The van der Waals surface area contributed by atoms with Crippen molar-refractivity contribution in [2.45, 2.75) is 11.7 Å². The Kier molecular flexibility index (Phi) is 2.62. The zero-order valence-corrected chi connectivity index (χ0v) is 11.9. The molecule has 3 heterocycles. The summed E-state index contributed by atoms with van der Waals surface area (Å²) in [6.45, 7) is 0.347. The van der Waals surface area contributed by atoms with Gasteiger partial charge in [0.05, 0.1) is 25.7 Å². The Bertz CT molecular complexity index is 682. The highest BCUT2D eigenvalue weighted by Gasteiger charge is 2.67. The van der Waals surface area contributed by atoms with E-state index in [-0.39, 0.29) is 5.91 Å². The molecule has 1 spiro atoms. The van der Waals surface area contributed by atoms with Crippen LogP contribution < -0.4 is 9.64 Å². The molecule has 22 heavy (non-hydrogen) atoms. The van der Waals surface area contributed by atoms with E-state index in [9.17, 15) is 14.7 Å². The Balaban J connectivity index is 1.70. The van der Waals surface area contributed by atoms with Crippen LogP contribution in [0.4, 0.5) is 5.69 Å². The normalized spacial score (nSPS) is 35.0. The van der Waals surface area contributed by atoms with Gasteiger partial charge in [-0.3, -0.25) is 9.59 Å². The van der Waals surface area contributed by atoms with Crippen molar-refractivity contribution in [2.24, 2.45) is 11.8 Å². The number of carbonyl (C=O) groups is 2. The number of rotatable bonds is 3. The summed E-state index contributed by atoms with van der Waals surface area (Å²) in [6, 6.07) is 7.13. The SMILES string of the molecule is COc1ccc(N2C[C@]34C=C[C@H](O3)[C@@H](C(=O)O)[C@@H]4C2=O)cc1. The van der Waals surface area contributed by atoms with Gasteiger partial charge in [-0.2, -0.15) is 0 Å². The summed E-state index contributed by atoms with van der Waals surface area (Å²) in [5.41, 5.74) is -0.0794. The highest BCUT2D eigenvalue weighted by atomic mass is 16.5. The summed E-state index contributed by atoms with van der Waals surface area (Å²) >= 11 is 0. The molecule has 4 atom stereocenters. The summed E-state index contributed by atoms with van der Waals surface area (Å²) in [5, 5.41) is 9.42. The Morgan fingerprint density at radius 1 is 1.41 bits per heavy atom. The quantitative estimate of drug-likeness (QED) is 0.845. The second kappa shape index (κ2) is 4.33. The van der Waals surface area contributed by atoms with E-state index in [0.29, 0.717) is 12.3 Å². The van der Waals surface area contributed by atoms with Crippen molar-refractivity contribution < 1.29 is 24.2 Å². The molecule has 0 aromatic heterocycles. The maximum absolute atomic E-state index is 12.8. The highest BCUT2D eigenvalue weighted by Crippen LogP contribution is 2.52. The molecule has 4 rings (SSSR count). The van der Waals surface area contributed by atoms with Crippen LogP contribution in [0.5, 0.6) is 5.75 Å². The Labute approximate surface area is 126 Å². The summed E-state index contributed by atoms with van der Waals surface area (Å²) in [5.74, 6) is -1.92. The van der Waals surface area contributed by atoms with Gasteiger partial charge in [-0.1, -0.05) is 12.2 Å². The van der Waals surface area contributed by atoms with Gasteiger partial charge in [-0.15, -0.1) is 0 Å². The van der Waals surface area contributed by atoms with E-state index in [2.05, 4.69) is 0 Å². The maximum Gasteiger partial charge on any atom is 0.310 e. The monoisotopic (exact) mass is 301 g/mol. The predicted molar refractivity (Wildman–Crippen MR) is 76.7 cm³/mol. The first kappa shape index (κ1) is 13.3. The van der Waals surface area contributed by atoms with Gasteiger partial charge in [-0.25, -0.2) is 0 Å². The molecule has 2 bridgehead atoms. The third-order valence-corrected chi connectivity index (χ3v) is 4.77. The van der Waals surface area contributed by atoms with Crippen molar-refractivity contribution in [3.63, 3.8) is 0 Å². The van der Waals surface area contributed by atoms with E-state index in [1.165, 1.54) is 0 Å². The van der Waals surface area contributed by atoms with Crippen molar-refractivity contribution in [1.82, 2.24) is 0 Å². The second-order valence-corrected chi connectivity index (χ2v) is 5.86. The van der Waals surface area contributed by atoms with E-state index in [1.54, 1.807) is 42.4 Å². The molecule has 3 aliphatic rings. The van der Waals surface area contributed by atoms with Gasteiger partial charge in [0.1, 0.15) is 17.3 Å². The number of fused-ring (bicyclic) bond motifs is 1. The molecule has 1 amide bonds. The molecule has 1 aromatic rings. The minimum absolute atomic E-state index is 0.190. The number of hydrogen-bond donors (Lipinski definition) is 1. The van der Waals surface area contributed by atoms with Gasteiger partial charge >= 0.3 is 5.97 Å². The van der Waals surface area contributed by atoms with Crippen LogP contribution in [0.15, 0.2) is 36.4 Å². The third-order valence-electron chi connectivity index (χ3n) is 4.77. The number of amides is 1. The molecule has 3 aliphatic heterocycles. The molecule has 114 valence electrons. The van der Waals surface area contributed by atoms with Crippen LogP contribution in [-0.4, -0.2) is 42.3 Å². The molecule has 0 saturated carbocycles. The minimum atomic E-state index is -0.980. The summed E-state index contributed by atoms with van der Waals surface area (Å²) < 4.78 is 11.0. The van der Waals surface area contributed by atoms with E-state index in [1.807, 2.05) is 6.08 Å². The van der Waals surface area contributed by atoms with Crippen LogP contribution in [-0.2, 0) is 14.3 Å². The number of benzene rings is 1. The lowest BCUT2D eigenvalue weighted by atomic mass is 9.77. The highest BCUT2D eigenvalue weighted by molar-refractivity contribution is 6.02. The van der Waals surface area contributed by atoms with E-state index in [4.69, 9.17) is 9.47 Å².